The zero-order valence-electron chi connectivity index (χ0n) is 93.4. The van der Waals surface area contributed by atoms with Gasteiger partial charge in [-0.2, -0.15) is 0 Å². The highest BCUT2D eigenvalue weighted by Gasteiger charge is 2.35. The molecule has 6 rings (SSSR count). The monoisotopic (exact) mass is 1970 g/mol. The van der Waals surface area contributed by atoms with Gasteiger partial charge in [0, 0.05) is 22.6 Å². The number of para-hydroxylation sites is 3. The third-order valence-electron chi connectivity index (χ3n) is 28.8. The number of benzene rings is 6. The second kappa shape index (κ2) is 75.1. The van der Waals surface area contributed by atoms with Gasteiger partial charge in [0.25, 0.3) is 0 Å². The lowest BCUT2D eigenvalue weighted by atomic mass is 9.74. The molecule has 0 radical (unpaired) electrons. The minimum Gasteiger partial charge on any atom is -0.426 e. The summed E-state index contributed by atoms with van der Waals surface area (Å²) in [6.07, 6.45) is 80.9. The van der Waals surface area contributed by atoms with Crippen LogP contribution < -0.4 is 27.1 Å². The highest BCUT2D eigenvalue weighted by molar-refractivity contribution is 7.43. The third kappa shape index (κ3) is 52.5. The van der Waals surface area contributed by atoms with Gasteiger partial charge >= 0.3 is 25.8 Å². The average Bonchev–Trinajstić information content (AvgIpc) is 0.756. The van der Waals surface area contributed by atoms with Crippen molar-refractivity contribution in [2.75, 3.05) is 19.8 Å². The molecule has 12 heteroatoms. The van der Waals surface area contributed by atoms with Crippen molar-refractivity contribution < 1.29 is 40.7 Å². The van der Waals surface area contributed by atoms with Crippen LogP contribution in [0.25, 0.3) is 0 Å². The molecule has 788 valence electrons. The Morgan fingerprint density at radius 2 is 0.424 bits per heavy atom. The number of hydrogen-bond donors (Lipinski definition) is 0. The fraction of sp³-hybridized carbons (Fsp3) is 0.717. The normalized spacial score (nSPS) is 12.8. The third-order valence-corrected chi connectivity index (χ3v) is 32.1. The average molecular weight is 1970 g/mol. The summed E-state index contributed by atoms with van der Waals surface area (Å²) in [5, 5.41) is 0. The van der Waals surface area contributed by atoms with Gasteiger partial charge in [-0.15, -0.1) is 0 Å². The molecule has 6 aromatic carbocycles. The molecular weight excluding hydrogens is 1760 g/mol. The zero-order chi connectivity index (χ0) is 100. The Hall–Kier alpha value is -4.71. The van der Waals surface area contributed by atoms with Crippen molar-refractivity contribution in [1.29, 1.82) is 0 Å². The van der Waals surface area contributed by atoms with Gasteiger partial charge in [0.1, 0.15) is 34.5 Å². The summed E-state index contributed by atoms with van der Waals surface area (Å²) in [7, 11) is -5.58. The van der Waals surface area contributed by atoms with E-state index < -0.39 is 25.8 Å². The van der Waals surface area contributed by atoms with Gasteiger partial charge in [-0.05, 0) is 194 Å². The lowest BCUT2D eigenvalue weighted by molar-refractivity contribution is 0.197. The fourth-order valence-electron chi connectivity index (χ4n) is 20.0. The number of unbranched alkanes of at least 4 members (excludes halogenated alkanes) is 54. The van der Waals surface area contributed by atoms with E-state index in [0.717, 1.165) is 135 Å². The molecule has 0 saturated carbocycles. The van der Waals surface area contributed by atoms with Crippen molar-refractivity contribution in [2.45, 2.75) is 571 Å². The van der Waals surface area contributed by atoms with Crippen LogP contribution in [0.1, 0.15) is 581 Å². The van der Waals surface area contributed by atoms with E-state index in [9.17, 15) is 0 Å². The van der Waals surface area contributed by atoms with Gasteiger partial charge < -0.3 is 36.2 Å². The SMILES string of the molecule is CCCCCCCCCCCCCCCOP(OCCCCCCCCCCCCCCC)Oc1cc(C)c(C(CC(C)c2cc(C(C)(C)C)c(OP(Oc3ccccc3CCCCCCCCC)Oc3ccccc3CCCCCCCCC)cc2C)c2cc(C(C)(C)C)c(OP(OCCCCCCCCCCCCCCC)Oc3ccccc3CCCCCCCCC)cc2C)cc1C(C)(C)C. The Kier molecular flexibility index (Phi) is 66.4. The van der Waals surface area contributed by atoms with Gasteiger partial charge in [0.15, 0.2) is 0 Å². The maximum Gasteiger partial charge on any atom is 0.530 e. The highest BCUT2D eigenvalue weighted by atomic mass is 31.2. The summed E-state index contributed by atoms with van der Waals surface area (Å²) in [5.41, 5.74) is 13.5. The Balaban J connectivity index is 1.45. The lowest BCUT2D eigenvalue weighted by Gasteiger charge is -2.33. The van der Waals surface area contributed by atoms with Crippen molar-refractivity contribution in [2.24, 2.45) is 0 Å². The molecule has 0 aliphatic rings. The first-order valence-corrected chi connectivity index (χ1v) is 61.8. The van der Waals surface area contributed by atoms with Crippen molar-refractivity contribution in [3.63, 3.8) is 0 Å². The molecule has 0 aliphatic heterocycles. The fourth-order valence-corrected chi connectivity index (χ4v) is 23.2. The number of aryl methyl sites for hydroxylation is 6. The minimum atomic E-state index is -2.01. The van der Waals surface area contributed by atoms with E-state index in [4.69, 9.17) is 40.7 Å². The summed E-state index contributed by atoms with van der Waals surface area (Å²) < 4.78 is 65.0. The molecular formula is C127H211O9P3. The molecule has 0 bridgehead atoms. The second-order valence-electron chi connectivity index (χ2n) is 44.9. The molecule has 139 heavy (non-hydrogen) atoms. The quantitative estimate of drug-likeness (QED) is 0.0274. The van der Waals surface area contributed by atoms with Crippen molar-refractivity contribution >= 4 is 25.8 Å². The summed E-state index contributed by atoms with van der Waals surface area (Å²) in [6, 6.07) is 40.5. The van der Waals surface area contributed by atoms with Gasteiger partial charge in [-0.25, -0.2) is 0 Å². The van der Waals surface area contributed by atoms with Crippen LogP contribution in [0, 0.1) is 20.8 Å². The molecule has 3 atom stereocenters. The standard InChI is InChI=1S/C127H211O9P3/c1-20-26-32-38-44-47-50-53-56-59-65-71-83-95-128-137(129-96-84-72-66-60-57-54-51-48-45-39-33-27-21-2)134-122-100-107(9)113(103-117(122)126(14,15)16)115(114-104-118(127(17,18)19)123(101-108(114)10)135-138(130-97-85-73-67-61-58-55-52-49-46-40-34-28-22-3)131-119-92-80-77-89-109(119)86-74-68-62-41-35-29-23-4)98-105(7)112-102-116(125(11,12)13)124(99-106(112)8)136-139(132-120-93-81-78-90-110(120)87-75-69-63-42-36-30-24-5)133-121-94-82-79-91-111(121)88-76-70-64-43-37-31-25-6/h77-82,89-94,99-105,115H,20-76,83-88,95-98H2,1-19H3. The molecule has 0 fully saturated rings. The van der Waals surface area contributed by atoms with E-state index in [1.165, 1.54) is 378 Å². The van der Waals surface area contributed by atoms with Crippen LogP contribution in [0.5, 0.6) is 34.5 Å². The molecule has 0 spiro atoms. The van der Waals surface area contributed by atoms with E-state index in [1.807, 2.05) is 0 Å². The molecule has 0 aromatic heterocycles. The van der Waals surface area contributed by atoms with Crippen LogP contribution in [0.4, 0.5) is 0 Å². The molecule has 3 unspecified atom stereocenters. The first kappa shape index (κ1) is 123. The maximum absolute atomic E-state index is 7.52. The van der Waals surface area contributed by atoms with Gasteiger partial charge in [-0.1, -0.05) is 530 Å². The van der Waals surface area contributed by atoms with Crippen LogP contribution in [-0.2, 0) is 49.1 Å². The highest BCUT2D eigenvalue weighted by Crippen LogP contribution is 2.54. The van der Waals surface area contributed by atoms with Crippen molar-refractivity contribution in [1.82, 2.24) is 0 Å². The van der Waals surface area contributed by atoms with Gasteiger partial charge in [-0.3, -0.25) is 4.52 Å². The molecule has 0 aliphatic carbocycles. The molecule has 6 aromatic rings. The molecule has 0 saturated heterocycles. The van der Waals surface area contributed by atoms with Crippen LogP contribution in [0.2, 0.25) is 0 Å². The van der Waals surface area contributed by atoms with Crippen LogP contribution in [0.3, 0.4) is 0 Å². The maximum atomic E-state index is 7.52. The Labute approximate surface area is 861 Å². The van der Waals surface area contributed by atoms with E-state index in [1.54, 1.807) is 0 Å². The molecule has 0 heterocycles. The number of rotatable bonds is 86. The van der Waals surface area contributed by atoms with E-state index in [2.05, 4.69) is 241 Å². The largest absolute Gasteiger partial charge is 0.530 e. The summed E-state index contributed by atoms with van der Waals surface area (Å²) in [5.74, 6) is 5.02. The van der Waals surface area contributed by atoms with E-state index in [-0.39, 0.29) is 28.1 Å². The molecule has 9 nitrogen and oxygen atoms in total. The van der Waals surface area contributed by atoms with E-state index in [0.29, 0.717) is 19.8 Å². The van der Waals surface area contributed by atoms with Gasteiger partial charge in [0.2, 0.25) is 0 Å². The predicted octanol–water partition coefficient (Wildman–Crippen LogP) is 44.1. The second-order valence-corrected chi connectivity index (χ2v) is 48.1. The first-order valence-electron chi connectivity index (χ1n) is 58.5. The Bertz CT molecular complexity index is 3960. The van der Waals surface area contributed by atoms with Crippen LogP contribution in [0.15, 0.2) is 109 Å². The van der Waals surface area contributed by atoms with Crippen LogP contribution >= 0.6 is 25.8 Å². The summed E-state index contributed by atoms with van der Waals surface area (Å²) in [4.78, 5) is 0. The zero-order valence-corrected chi connectivity index (χ0v) is 96.1. The van der Waals surface area contributed by atoms with E-state index >= 15 is 0 Å². The predicted molar refractivity (Wildman–Crippen MR) is 608 cm³/mol. The Morgan fingerprint density at radius 1 is 0.223 bits per heavy atom. The summed E-state index contributed by atoms with van der Waals surface area (Å²) >= 11 is 0. The first-order chi connectivity index (χ1) is 67.4. The van der Waals surface area contributed by atoms with Crippen molar-refractivity contribution in [3.05, 3.63) is 176 Å². The summed E-state index contributed by atoms with van der Waals surface area (Å²) in [6.45, 7) is 46.2. The van der Waals surface area contributed by atoms with Crippen molar-refractivity contribution in [3.8, 4) is 34.5 Å². The molecule has 0 N–H and O–H groups in total. The topological polar surface area (TPSA) is 83.1 Å². The van der Waals surface area contributed by atoms with Crippen LogP contribution in [-0.4, -0.2) is 19.8 Å². The Morgan fingerprint density at radius 3 is 0.691 bits per heavy atom. The minimum absolute atomic E-state index is 0.0683. The number of hydrogen-bond acceptors (Lipinski definition) is 9. The smallest absolute Gasteiger partial charge is 0.426 e. The lowest BCUT2D eigenvalue weighted by Crippen LogP contribution is -2.19. The van der Waals surface area contributed by atoms with Gasteiger partial charge in [0.05, 0.1) is 19.8 Å². The molecule has 0 amide bonds.